The van der Waals surface area contributed by atoms with Gasteiger partial charge in [0.05, 0.1) is 12.1 Å². The van der Waals surface area contributed by atoms with Crippen LogP contribution in [-0.2, 0) is 0 Å². The maximum Gasteiger partial charge on any atom is 0.191 e. The molecule has 0 atom stereocenters. The molecule has 5 heteroatoms. The number of piperidine rings is 1. The first-order valence-corrected chi connectivity index (χ1v) is 8.17. The van der Waals surface area contributed by atoms with Gasteiger partial charge in [-0.1, -0.05) is 20.8 Å². The summed E-state index contributed by atoms with van der Waals surface area (Å²) in [6.45, 7) is 15.4. The number of nitrogens with zero attached hydrogens (tertiary/aromatic N) is 4. The monoisotopic (exact) mass is 281 g/mol. The molecular formula is C15H31N5. The van der Waals surface area contributed by atoms with Crippen molar-refractivity contribution < 1.29 is 0 Å². The summed E-state index contributed by atoms with van der Waals surface area (Å²) in [5, 5.41) is 0. The number of guanidine groups is 1. The van der Waals surface area contributed by atoms with E-state index in [1.54, 1.807) is 0 Å². The molecule has 2 rings (SSSR count). The fourth-order valence-corrected chi connectivity index (χ4v) is 3.49. The zero-order valence-electron chi connectivity index (χ0n) is 13.4. The van der Waals surface area contributed by atoms with E-state index >= 15 is 0 Å². The summed E-state index contributed by atoms with van der Waals surface area (Å²) in [5.41, 5.74) is 6.38. The van der Waals surface area contributed by atoms with Gasteiger partial charge in [0.1, 0.15) is 0 Å². The number of hydrogen-bond donors (Lipinski definition) is 1. The van der Waals surface area contributed by atoms with Crippen LogP contribution >= 0.6 is 0 Å². The lowest BCUT2D eigenvalue weighted by atomic mass is 9.86. The maximum atomic E-state index is 6.16. The second-order valence-electron chi connectivity index (χ2n) is 6.01. The highest BCUT2D eigenvalue weighted by Crippen LogP contribution is 2.32. The maximum absolute atomic E-state index is 6.16. The number of hydrogen-bond acceptors (Lipinski definition) is 5. The zero-order valence-corrected chi connectivity index (χ0v) is 13.4. The van der Waals surface area contributed by atoms with Crippen LogP contribution < -0.4 is 5.73 Å². The molecule has 2 aliphatic rings. The van der Waals surface area contributed by atoms with Gasteiger partial charge in [-0.15, -0.1) is 0 Å². The molecule has 0 amide bonds. The van der Waals surface area contributed by atoms with Gasteiger partial charge in [-0.2, -0.15) is 0 Å². The first-order chi connectivity index (χ1) is 9.65. The normalized spacial score (nSPS) is 22.8. The molecular weight excluding hydrogens is 250 g/mol. The van der Waals surface area contributed by atoms with Crippen molar-refractivity contribution in [2.75, 3.05) is 52.4 Å². The number of aliphatic imine (C=N–C) groups is 1. The van der Waals surface area contributed by atoms with Crippen LogP contribution in [-0.4, -0.2) is 78.6 Å². The molecule has 5 nitrogen and oxygen atoms in total. The Hall–Kier alpha value is -0.810. The van der Waals surface area contributed by atoms with E-state index in [0.29, 0.717) is 0 Å². The Morgan fingerprint density at radius 3 is 2.40 bits per heavy atom. The minimum absolute atomic E-state index is 0.211. The Balaban J connectivity index is 1.96. The molecule has 1 saturated heterocycles. The van der Waals surface area contributed by atoms with Crippen LogP contribution in [0.2, 0.25) is 0 Å². The van der Waals surface area contributed by atoms with E-state index in [1.807, 2.05) is 0 Å². The molecule has 0 radical (unpaired) electrons. The van der Waals surface area contributed by atoms with Gasteiger partial charge >= 0.3 is 0 Å². The van der Waals surface area contributed by atoms with Gasteiger partial charge < -0.3 is 20.4 Å². The van der Waals surface area contributed by atoms with Crippen LogP contribution in [0.5, 0.6) is 0 Å². The third-order valence-corrected chi connectivity index (χ3v) is 5.15. The summed E-state index contributed by atoms with van der Waals surface area (Å²) in [4.78, 5) is 11.9. The van der Waals surface area contributed by atoms with Crippen LogP contribution in [0, 0.1) is 0 Å². The molecule has 116 valence electrons. The smallest absolute Gasteiger partial charge is 0.191 e. The molecule has 20 heavy (non-hydrogen) atoms. The van der Waals surface area contributed by atoms with E-state index in [1.165, 1.54) is 25.9 Å². The van der Waals surface area contributed by atoms with Crippen molar-refractivity contribution in [2.24, 2.45) is 10.7 Å². The molecule has 1 spiro atoms. The standard InChI is InChI=1S/C15H31N5/c1-4-18(5-2)11-12-20-14(16)17-13-15(20)7-9-19(6-3)10-8-15/h4-13H2,1-3H3,(H2,16,17). The van der Waals surface area contributed by atoms with E-state index in [4.69, 9.17) is 5.73 Å². The van der Waals surface area contributed by atoms with Crippen molar-refractivity contribution >= 4 is 5.96 Å². The summed E-state index contributed by atoms with van der Waals surface area (Å²) < 4.78 is 0. The Morgan fingerprint density at radius 2 is 1.85 bits per heavy atom. The van der Waals surface area contributed by atoms with E-state index in [2.05, 4.69) is 40.5 Å². The summed E-state index contributed by atoms with van der Waals surface area (Å²) >= 11 is 0. The predicted octanol–water partition coefficient (Wildman–Crippen LogP) is 0.813. The van der Waals surface area contributed by atoms with Gasteiger partial charge in [-0.05, 0) is 32.5 Å². The third-order valence-electron chi connectivity index (χ3n) is 5.15. The summed E-state index contributed by atoms with van der Waals surface area (Å²) in [6, 6.07) is 0. The Labute approximate surface area is 123 Å². The highest BCUT2D eigenvalue weighted by atomic mass is 15.4. The lowest BCUT2D eigenvalue weighted by molar-refractivity contribution is 0.0821. The molecule has 2 aliphatic heterocycles. The Morgan fingerprint density at radius 1 is 1.20 bits per heavy atom. The molecule has 1 fully saturated rings. The fraction of sp³-hybridized carbons (Fsp3) is 0.933. The first kappa shape index (κ1) is 15.6. The van der Waals surface area contributed by atoms with Crippen molar-refractivity contribution in [3.05, 3.63) is 0 Å². The van der Waals surface area contributed by atoms with Gasteiger partial charge in [-0.3, -0.25) is 4.99 Å². The van der Waals surface area contributed by atoms with Gasteiger partial charge in [0.15, 0.2) is 5.96 Å². The molecule has 2 heterocycles. The average Bonchev–Trinajstić information content (AvgIpc) is 2.78. The van der Waals surface area contributed by atoms with Crippen LogP contribution in [0.15, 0.2) is 4.99 Å². The third kappa shape index (κ3) is 3.09. The highest BCUT2D eigenvalue weighted by Gasteiger charge is 2.43. The van der Waals surface area contributed by atoms with E-state index in [9.17, 15) is 0 Å². The number of rotatable bonds is 6. The minimum Gasteiger partial charge on any atom is -0.370 e. The Bertz CT molecular complexity index is 329. The van der Waals surface area contributed by atoms with Crippen LogP contribution in [0.4, 0.5) is 0 Å². The minimum atomic E-state index is 0.211. The summed E-state index contributed by atoms with van der Waals surface area (Å²) in [6.07, 6.45) is 2.40. The second-order valence-corrected chi connectivity index (χ2v) is 6.01. The van der Waals surface area contributed by atoms with Crippen molar-refractivity contribution in [1.29, 1.82) is 0 Å². The van der Waals surface area contributed by atoms with Crippen LogP contribution in [0.25, 0.3) is 0 Å². The first-order valence-electron chi connectivity index (χ1n) is 8.17. The number of likely N-dealkylation sites (tertiary alicyclic amines) is 1. The Kier molecular flexibility index (Phi) is 5.27. The molecule has 0 aromatic heterocycles. The van der Waals surface area contributed by atoms with Crippen molar-refractivity contribution in [3.63, 3.8) is 0 Å². The number of likely N-dealkylation sites (N-methyl/N-ethyl adjacent to an activating group) is 1. The lowest BCUT2D eigenvalue weighted by Gasteiger charge is -2.45. The summed E-state index contributed by atoms with van der Waals surface area (Å²) in [7, 11) is 0. The van der Waals surface area contributed by atoms with E-state index in [-0.39, 0.29) is 5.54 Å². The molecule has 0 aromatic rings. The molecule has 0 saturated carbocycles. The molecule has 0 aromatic carbocycles. The van der Waals surface area contributed by atoms with E-state index < -0.39 is 0 Å². The largest absolute Gasteiger partial charge is 0.370 e. The van der Waals surface area contributed by atoms with Crippen LogP contribution in [0.1, 0.15) is 33.6 Å². The fourth-order valence-electron chi connectivity index (χ4n) is 3.49. The van der Waals surface area contributed by atoms with Crippen molar-refractivity contribution in [3.8, 4) is 0 Å². The van der Waals surface area contributed by atoms with Crippen molar-refractivity contribution in [1.82, 2.24) is 14.7 Å². The topological polar surface area (TPSA) is 48.1 Å². The average molecular weight is 281 g/mol. The van der Waals surface area contributed by atoms with Gasteiger partial charge in [-0.25, -0.2) is 0 Å². The SMILES string of the molecule is CCN(CC)CCN1C(N)=NCC12CCN(CC)CC2. The van der Waals surface area contributed by atoms with Crippen molar-refractivity contribution in [2.45, 2.75) is 39.2 Å². The van der Waals surface area contributed by atoms with Gasteiger partial charge in [0.25, 0.3) is 0 Å². The van der Waals surface area contributed by atoms with Gasteiger partial charge in [0.2, 0.25) is 0 Å². The van der Waals surface area contributed by atoms with Crippen LogP contribution in [0.3, 0.4) is 0 Å². The highest BCUT2D eigenvalue weighted by molar-refractivity contribution is 5.81. The lowest BCUT2D eigenvalue weighted by Crippen LogP contribution is -2.58. The molecule has 0 bridgehead atoms. The molecule has 2 N–H and O–H groups in total. The summed E-state index contributed by atoms with van der Waals surface area (Å²) in [5.74, 6) is 0.766. The second kappa shape index (κ2) is 6.76. The predicted molar refractivity (Wildman–Crippen MR) is 85.1 cm³/mol. The number of nitrogens with two attached hydrogens (primary N) is 1. The van der Waals surface area contributed by atoms with E-state index in [0.717, 1.165) is 45.2 Å². The molecule has 0 aliphatic carbocycles. The zero-order chi connectivity index (χ0) is 14.6. The van der Waals surface area contributed by atoms with Gasteiger partial charge in [0, 0.05) is 26.2 Å². The molecule has 0 unspecified atom stereocenters. The quantitative estimate of drug-likeness (QED) is 0.783.